The molecule has 0 unspecified atom stereocenters. The van der Waals surface area contributed by atoms with E-state index in [2.05, 4.69) is 10.3 Å². The molecule has 1 amide bonds. The van der Waals surface area contributed by atoms with Crippen molar-refractivity contribution in [1.82, 2.24) is 4.98 Å². The molecule has 1 aromatic heterocycles. The fraction of sp³-hybridized carbons (Fsp3) is 0.158. The molecule has 0 atom stereocenters. The average Bonchev–Trinajstić information content (AvgIpc) is 3.04. The lowest BCUT2D eigenvalue weighted by Gasteiger charge is -2.05. The monoisotopic (exact) mass is 356 g/mol. The van der Waals surface area contributed by atoms with Crippen molar-refractivity contribution in [2.45, 2.75) is 13.3 Å². The molecule has 25 heavy (non-hydrogen) atoms. The number of aryl methyl sites for hydroxylation is 1. The molecule has 6 heteroatoms. The molecule has 0 aliphatic heterocycles. The van der Waals surface area contributed by atoms with Gasteiger partial charge in [0.15, 0.2) is 16.7 Å². The van der Waals surface area contributed by atoms with Crippen LogP contribution in [0.4, 0.5) is 9.52 Å². The topological polar surface area (TPSA) is 51.2 Å². The molecule has 3 rings (SSSR count). The van der Waals surface area contributed by atoms with Gasteiger partial charge in [0.2, 0.25) is 5.91 Å². The van der Waals surface area contributed by atoms with Gasteiger partial charge in [-0.25, -0.2) is 9.37 Å². The van der Waals surface area contributed by atoms with Crippen LogP contribution in [0, 0.1) is 12.7 Å². The van der Waals surface area contributed by atoms with Gasteiger partial charge in [-0.1, -0.05) is 35.9 Å². The Bertz CT molecular complexity index is 891. The van der Waals surface area contributed by atoms with E-state index in [4.69, 9.17) is 4.74 Å². The van der Waals surface area contributed by atoms with Crippen LogP contribution >= 0.6 is 11.3 Å². The molecular weight excluding hydrogens is 339 g/mol. The van der Waals surface area contributed by atoms with Crippen LogP contribution in [0.3, 0.4) is 0 Å². The second kappa shape index (κ2) is 7.44. The number of ether oxygens (including phenoxy) is 1. The van der Waals surface area contributed by atoms with Gasteiger partial charge in [-0.15, -0.1) is 11.3 Å². The first-order valence-electron chi connectivity index (χ1n) is 7.70. The Balaban J connectivity index is 1.65. The highest BCUT2D eigenvalue weighted by molar-refractivity contribution is 7.14. The standard InChI is InChI=1S/C19H17FN2O2S/c1-12-3-6-14(7-4-12)16-11-25-19(21-16)22-18(23)10-13-5-8-17(24-2)15(20)9-13/h3-9,11H,10H2,1-2H3,(H,21,22,23). The van der Waals surface area contributed by atoms with Crippen LogP contribution in [0.1, 0.15) is 11.1 Å². The zero-order valence-corrected chi connectivity index (χ0v) is 14.7. The summed E-state index contributed by atoms with van der Waals surface area (Å²) in [6, 6.07) is 12.5. The first-order chi connectivity index (χ1) is 12.0. The van der Waals surface area contributed by atoms with Crippen LogP contribution in [0.5, 0.6) is 5.75 Å². The maximum absolute atomic E-state index is 13.7. The van der Waals surface area contributed by atoms with E-state index >= 15 is 0 Å². The Kier molecular flexibility index (Phi) is 5.09. The first kappa shape index (κ1) is 17.1. The van der Waals surface area contributed by atoms with Gasteiger partial charge >= 0.3 is 0 Å². The largest absolute Gasteiger partial charge is 0.494 e. The smallest absolute Gasteiger partial charge is 0.230 e. The molecule has 0 bridgehead atoms. The van der Waals surface area contributed by atoms with Crippen LogP contribution in [-0.2, 0) is 11.2 Å². The Morgan fingerprint density at radius 2 is 2.00 bits per heavy atom. The van der Waals surface area contributed by atoms with Crippen molar-refractivity contribution >= 4 is 22.4 Å². The predicted molar refractivity (Wildman–Crippen MR) is 97.6 cm³/mol. The summed E-state index contributed by atoms with van der Waals surface area (Å²) in [5.41, 5.74) is 3.57. The highest BCUT2D eigenvalue weighted by Gasteiger charge is 2.11. The Morgan fingerprint density at radius 3 is 2.68 bits per heavy atom. The summed E-state index contributed by atoms with van der Waals surface area (Å²) in [6.07, 6.45) is 0.0698. The van der Waals surface area contributed by atoms with E-state index in [1.165, 1.54) is 36.1 Å². The number of rotatable bonds is 5. The van der Waals surface area contributed by atoms with E-state index in [9.17, 15) is 9.18 Å². The van der Waals surface area contributed by atoms with Gasteiger partial charge < -0.3 is 10.1 Å². The quantitative estimate of drug-likeness (QED) is 0.735. The average molecular weight is 356 g/mol. The number of benzene rings is 2. The van der Waals surface area contributed by atoms with Crippen LogP contribution in [-0.4, -0.2) is 18.0 Å². The second-order valence-corrected chi connectivity index (χ2v) is 6.46. The van der Waals surface area contributed by atoms with Crippen molar-refractivity contribution in [2.75, 3.05) is 12.4 Å². The number of halogens is 1. The number of anilines is 1. The van der Waals surface area contributed by atoms with Crippen molar-refractivity contribution in [3.63, 3.8) is 0 Å². The normalized spacial score (nSPS) is 10.5. The number of hydrogen-bond donors (Lipinski definition) is 1. The Labute approximate surface area is 149 Å². The first-order valence-corrected chi connectivity index (χ1v) is 8.58. The number of carbonyl (C=O) groups is 1. The molecule has 1 heterocycles. The minimum absolute atomic E-state index is 0.0698. The van der Waals surface area contributed by atoms with Gasteiger partial charge in [-0.3, -0.25) is 4.79 Å². The van der Waals surface area contributed by atoms with Crippen molar-refractivity contribution in [1.29, 1.82) is 0 Å². The van der Waals surface area contributed by atoms with Gasteiger partial charge in [0.1, 0.15) is 0 Å². The van der Waals surface area contributed by atoms with Crippen molar-refractivity contribution in [3.05, 3.63) is 64.8 Å². The highest BCUT2D eigenvalue weighted by Crippen LogP contribution is 2.25. The number of amides is 1. The minimum Gasteiger partial charge on any atom is -0.494 e. The number of aromatic nitrogens is 1. The highest BCUT2D eigenvalue weighted by atomic mass is 32.1. The van der Waals surface area contributed by atoms with E-state index in [0.717, 1.165) is 11.3 Å². The molecule has 0 radical (unpaired) electrons. The summed E-state index contributed by atoms with van der Waals surface area (Å²) in [6.45, 7) is 2.03. The van der Waals surface area contributed by atoms with Crippen LogP contribution in [0.25, 0.3) is 11.3 Å². The fourth-order valence-electron chi connectivity index (χ4n) is 2.36. The summed E-state index contributed by atoms with van der Waals surface area (Å²) in [5, 5.41) is 5.17. The van der Waals surface area contributed by atoms with E-state index in [1.807, 2.05) is 36.6 Å². The number of nitrogens with zero attached hydrogens (tertiary/aromatic N) is 1. The van der Waals surface area contributed by atoms with Gasteiger partial charge in [-0.05, 0) is 24.6 Å². The zero-order valence-electron chi connectivity index (χ0n) is 13.9. The van der Waals surface area contributed by atoms with Gasteiger partial charge in [0.25, 0.3) is 0 Å². The summed E-state index contributed by atoms with van der Waals surface area (Å²) in [5.74, 6) is -0.565. The number of nitrogens with one attached hydrogen (secondary N) is 1. The second-order valence-electron chi connectivity index (χ2n) is 5.60. The van der Waals surface area contributed by atoms with E-state index in [0.29, 0.717) is 10.7 Å². The summed E-state index contributed by atoms with van der Waals surface area (Å²) in [7, 11) is 1.40. The molecule has 3 aromatic rings. The Hall–Kier alpha value is -2.73. The number of methoxy groups -OCH3 is 1. The lowest BCUT2D eigenvalue weighted by molar-refractivity contribution is -0.115. The van der Waals surface area contributed by atoms with Crippen molar-refractivity contribution in [2.24, 2.45) is 0 Å². The predicted octanol–water partition coefficient (Wildman–Crippen LogP) is 4.45. The van der Waals surface area contributed by atoms with Crippen LogP contribution in [0.15, 0.2) is 47.8 Å². The third-order valence-electron chi connectivity index (χ3n) is 3.68. The van der Waals surface area contributed by atoms with Gasteiger partial charge in [-0.2, -0.15) is 0 Å². The maximum Gasteiger partial charge on any atom is 0.230 e. The number of thiazole rings is 1. The summed E-state index contributed by atoms with van der Waals surface area (Å²) < 4.78 is 18.5. The molecule has 2 aromatic carbocycles. The maximum atomic E-state index is 13.7. The fourth-order valence-corrected chi connectivity index (χ4v) is 3.09. The van der Waals surface area contributed by atoms with Crippen molar-refractivity contribution in [3.8, 4) is 17.0 Å². The molecule has 0 aliphatic carbocycles. The molecule has 0 aliphatic rings. The van der Waals surface area contributed by atoms with E-state index < -0.39 is 5.82 Å². The number of carbonyl (C=O) groups excluding carboxylic acids is 1. The molecule has 0 fully saturated rings. The molecule has 128 valence electrons. The SMILES string of the molecule is COc1ccc(CC(=O)Nc2nc(-c3ccc(C)cc3)cs2)cc1F. The van der Waals surface area contributed by atoms with Crippen LogP contribution < -0.4 is 10.1 Å². The molecule has 1 N–H and O–H groups in total. The molecule has 4 nitrogen and oxygen atoms in total. The molecule has 0 saturated carbocycles. The van der Waals surface area contributed by atoms with Crippen LogP contribution in [0.2, 0.25) is 0 Å². The third-order valence-corrected chi connectivity index (χ3v) is 4.44. The van der Waals surface area contributed by atoms with Crippen molar-refractivity contribution < 1.29 is 13.9 Å². The lowest BCUT2D eigenvalue weighted by Crippen LogP contribution is -2.14. The van der Waals surface area contributed by atoms with Gasteiger partial charge in [0, 0.05) is 10.9 Å². The molecular formula is C19H17FN2O2S. The molecule has 0 spiro atoms. The van der Waals surface area contributed by atoms with E-state index in [1.54, 1.807) is 6.07 Å². The summed E-state index contributed by atoms with van der Waals surface area (Å²) in [4.78, 5) is 16.6. The van der Waals surface area contributed by atoms with Gasteiger partial charge in [0.05, 0.1) is 19.2 Å². The minimum atomic E-state index is -0.483. The summed E-state index contributed by atoms with van der Waals surface area (Å²) >= 11 is 1.36. The van der Waals surface area contributed by atoms with E-state index in [-0.39, 0.29) is 18.1 Å². The molecule has 0 saturated heterocycles. The number of hydrogen-bond acceptors (Lipinski definition) is 4. The zero-order chi connectivity index (χ0) is 17.8. The lowest BCUT2D eigenvalue weighted by atomic mass is 10.1. The Morgan fingerprint density at radius 1 is 1.24 bits per heavy atom. The third kappa shape index (κ3) is 4.22.